The smallest absolute Gasteiger partial charge is 0.243 e. The molecule has 0 saturated carbocycles. The fourth-order valence-electron chi connectivity index (χ4n) is 1.19. The maximum absolute atomic E-state index is 12.1. The van der Waals surface area contributed by atoms with Gasteiger partial charge < -0.3 is 11.5 Å². The van der Waals surface area contributed by atoms with Gasteiger partial charge in [-0.05, 0) is 50.9 Å². The Kier molecular flexibility index (Phi) is 4.76. The molecule has 5 N–H and O–H groups in total. The summed E-state index contributed by atoms with van der Waals surface area (Å²) in [5.41, 5.74) is 11.0. The molecule has 0 heterocycles. The standard InChI is InChI=1S/C9H11Br2N3O3S/c1-4(9(13)15)14-18(16,17)8-6(10)2-5(12)3-7(8)11/h2-4,14H,12H2,1H3,(H2,13,15). The molecule has 1 atom stereocenters. The quantitative estimate of drug-likeness (QED) is 0.652. The molecule has 1 aromatic carbocycles. The number of nitrogen functional groups attached to an aromatic ring is 1. The Morgan fingerprint density at radius 1 is 1.33 bits per heavy atom. The number of nitrogens with one attached hydrogen (secondary N) is 1. The topological polar surface area (TPSA) is 115 Å². The number of halogens is 2. The van der Waals surface area contributed by atoms with Crippen molar-refractivity contribution in [3.8, 4) is 0 Å². The van der Waals surface area contributed by atoms with Crippen LogP contribution in [-0.4, -0.2) is 20.4 Å². The summed E-state index contributed by atoms with van der Waals surface area (Å²) in [5.74, 6) is -0.763. The van der Waals surface area contributed by atoms with Crippen molar-refractivity contribution in [2.24, 2.45) is 5.73 Å². The van der Waals surface area contributed by atoms with Gasteiger partial charge in [-0.3, -0.25) is 4.79 Å². The highest BCUT2D eigenvalue weighted by Crippen LogP contribution is 2.32. The van der Waals surface area contributed by atoms with Crippen LogP contribution in [0.25, 0.3) is 0 Å². The molecule has 1 unspecified atom stereocenters. The third kappa shape index (κ3) is 3.44. The van der Waals surface area contributed by atoms with Crippen molar-refractivity contribution < 1.29 is 13.2 Å². The van der Waals surface area contributed by atoms with E-state index in [4.69, 9.17) is 11.5 Å². The normalized spacial score (nSPS) is 13.3. The Balaban J connectivity index is 3.25. The number of carbonyl (C=O) groups is 1. The van der Waals surface area contributed by atoms with Crippen LogP contribution in [0.5, 0.6) is 0 Å². The zero-order valence-electron chi connectivity index (χ0n) is 9.28. The summed E-state index contributed by atoms with van der Waals surface area (Å²) in [5, 5.41) is 0. The van der Waals surface area contributed by atoms with Crippen LogP contribution in [0.1, 0.15) is 6.92 Å². The fraction of sp³-hybridized carbons (Fsp3) is 0.222. The van der Waals surface area contributed by atoms with Gasteiger partial charge in [0.05, 0.1) is 6.04 Å². The molecule has 0 saturated heterocycles. The first-order chi connectivity index (χ1) is 8.15. The average molecular weight is 401 g/mol. The molecule has 0 radical (unpaired) electrons. The number of hydrogen-bond acceptors (Lipinski definition) is 4. The van der Waals surface area contributed by atoms with E-state index in [2.05, 4.69) is 36.6 Å². The molecule has 0 aliphatic carbocycles. The van der Waals surface area contributed by atoms with E-state index in [-0.39, 0.29) is 4.90 Å². The first-order valence-electron chi connectivity index (χ1n) is 4.71. The van der Waals surface area contributed by atoms with Gasteiger partial charge in [-0.15, -0.1) is 0 Å². The van der Waals surface area contributed by atoms with E-state index in [1.165, 1.54) is 19.1 Å². The van der Waals surface area contributed by atoms with Gasteiger partial charge in [0, 0.05) is 14.6 Å². The van der Waals surface area contributed by atoms with Crippen molar-refractivity contribution >= 4 is 53.5 Å². The number of nitrogens with two attached hydrogens (primary N) is 2. The van der Waals surface area contributed by atoms with Crippen LogP contribution in [0.3, 0.4) is 0 Å². The lowest BCUT2D eigenvalue weighted by molar-refractivity contribution is -0.119. The van der Waals surface area contributed by atoms with E-state index in [1.54, 1.807) is 0 Å². The van der Waals surface area contributed by atoms with E-state index in [0.29, 0.717) is 14.6 Å². The molecule has 18 heavy (non-hydrogen) atoms. The lowest BCUT2D eigenvalue weighted by atomic mass is 10.3. The van der Waals surface area contributed by atoms with Crippen molar-refractivity contribution in [3.05, 3.63) is 21.1 Å². The van der Waals surface area contributed by atoms with Gasteiger partial charge in [0.25, 0.3) is 0 Å². The van der Waals surface area contributed by atoms with E-state index in [1.807, 2.05) is 0 Å². The summed E-state index contributed by atoms with van der Waals surface area (Å²) in [6, 6.07) is 1.90. The van der Waals surface area contributed by atoms with Gasteiger partial charge in [0.2, 0.25) is 15.9 Å². The van der Waals surface area contributed by atoms with Crippen molar-refractivity contribution in [2.75, 3.05) is 5.73 Å². The molecule has 6 nitrogen and oxygen atoms in total. The Morgan fingerprint density at radius 2 is 1.78 bits per heavy atom. The van der Waals surface area contributed by atoms with E-state index in [9.17, 15) is 13.2 Å². The highest BCUT2D eigenvalue weighted by Gasteiger charge is 2.25. The minimum Gasteiger partial charge on any atom is -0.399 e. The zero-order valence-corrected chi connectivity index (χ0v) is 13.3. The second kappa shape index (κ2) is 5.55. The molecular weight excluding hydrogens is 390 g/mol. The zero-order chi connectivity index (χ0) is 14.1. The molecule has 0 aliphatic heterocycles. The first kappa shape index (κ1) is 15.4. The minimum absolute atomic E-state index is 0.0372. The number of benzene rings is 1. The van der Waals surface area contributed by atoms with Gasteiger partial charge >= 0.3 is 0 Å². The summed E-state index contributed by atoms with van der Waals surface area (Å²) >= 11 is 6.23. The first-order valence-corrected chi connectivity index (χ1v) is 7.78. The van der Waals surface area contributed by atoms with Crippen molar-refractivity contribution in [1.82, 2.24) is 4.72 Å². The average Bonchev–Trinajstić information content (AvgIpc) is 2.13. The summed E-state index contributed by atoms with van der Waals surface area (Å²) in [7, 11) is -3.88. The largest absolute Gasteiger partial charge is 0.399 e. The maximum atomic E-state index is 12.1. The number of rotatable bonds is 4. The second-order valence-electron chi connectivity index (χ2n) is 3.56. The molecule has 0 aromatic heterocycles. The van der Waals surface area contributed by atoms with Gasteiger partial charge in [-0.1, -0.05) is 0 Å². The Labute approximate surface area is 121 Å². The Hall–Kier alpha value is -0.640. The Bertz CT molecular complexity index is 566. The second-order valence-corrected chi connectivity index (χ2v) is 6.92. The van der Waals surface area contributed by atoms with E-state index < -0.39 is 22.0 Å². The number of hydrogen-bond donors (Lipinski definition) is 3. The molecule has 9 heteroatoms. The number of amides is 1. The van der Waals surface area contributed by atoms with Crippen LogP contribution >= 0.6 is 31.9 Å². The molecule has 0 spiro atoms. The van der Waals surface area contributed by atoms with Gasteiger partial charge in [-0.2, -0.15) is 4.72 Å². The Morgan fingerprint density at radius 3 is 2.17 bits per heavy atom. The predicted octanol–water partition coefficient (Wildman–Crippen LogP) is 0.946. The lowest BCUT2D eigenvalue weighted by Crippen LogP contribution is -2.42. The lowest BCUT2D eigenvalue weighted by Gasteiger charge is -2.14. The molecule has 1 amide bonds. The summed E-state index contributed by atoms with van der Waals surface area (Å²) < 4.78 is 26.9. The molecule has 0 fully saturated rings. The van der Waals surface area contributed by atoms with E-state index >= 15 is 0 Å². The van der Waals surface area contributed by atoms with Gasteiger partial charge in [-0.25, -0.2) is 8.42 Å². The van der Waals surface area contributed by atoms with Gasteiger partial charge in [0.15, 0.2) is 0 Å². The molecule has 0 aliphatic rings. The third-order valence-corrected chi connectivity index (χ3v) is 5.46. The van der Waals surface area contributed by atoms with Crippen molar-refractivity contribution in [2.45, 2.75) is 17.9 Å². The molecule has 1 aromatic rings. The molecule has 100 valence electrons. The number of carbonyl (C=O) groups excluding carboxylic acids is 1. The number of anilines is 1. The molecule has 0 bridgehead atoms. The summed E-state index contributed by atoms with van der Waals surface area (Å²) in [4.78, 5) is 10.8. The van der Waals surface area contributed by atoms with Gasteiger partial charge in [0.1, 0.15) is 4.90 Å². The summed E-state index contributed by atoms with van der Waals surface area (Å²) in [6.45, 7) is 1.36. The molecular formula is C9H11Br2N3O3S. The van der Waals surface area contributed by atoms with Crippen LogP contribution < -0.4 is 16.2 Å². The fourth-order valence-corrected chi connectivity index (χ4v) is 5.02. The SMILES string of the molecule is CC(NS(=O)(=O)c1c(Br)cc(N)cc1Br)C(N)=O. The maximum Gasteiger partial charge on any atom is 0.243 e. The van der Waals surface area contributed by atoms with Crippen LogP contribution in [0.15, 0.2) is 26.0 Å². The van der Waals surface area contributed by atoms with Crippen molar-refractivity contribution in [1.29, 1.82) is 0 Å². The van der Waals surface area contributed by atoms with Crippen molar-refractivity contribution in [3.63, 3.8) is 0 Å². The monoisotopic (exact) mass is 399 g/mol. The predicted molar refractivity (Wildman–Crippen MR) is 75.2 cm³/mol. The van der Waals surface area contributed by atoms with Crippen LogP contribution in [0.4, 0.5) is 5.69 Å². The van der Waals surface area contributed by atoms with Crippen LogP contribution in [0.2, 0.25) is 0 Å². The molecule has 1 rings (SSSR count). The van der Waals surface area contributed by atoms with Crippen LogP contribution in [-0.2, 0) is 14.8 Å². The highest BCUT2D eigenvalue weighted by molar-refractivity contribution is 9.11. The third-order valence-electron chi connectivity index (χ3n) is 2.05. The van der Waals surface area contributed by atoms with E-state index in [0.717, 1.165) is 0 Å². The number of sulfonamides is 1. The number of primary amides is 1. The van der Waals surface area contributed by atoms with Crippen LogP contribution in [0, 0.1) is 0 Å². The highest BCUT2D eigenvalue weighted by atomic mass is 79.9. The minimum atomic E-state index is -3.88. The summed E-state index contributed by atoms with van der Waals surface area (Å²) in [6.07, 6.45) is 0.